The summed E-state index contributed by atoms with van der Waals surface area (Å²) >= 11 is 0. The lowest BCUT2D eigenvalue weighted by Gasteiger charge is -2.18. The van der Waals surface area contributed by atoms with Gasteiger partial charge in [-0.2, -0.15) is 0 Å². The van der Waals surface area contributed by atoms with E-state index < -0.39 is 6.10 Å². The predicted molar refractivity (Wildman–Crippen MR) is 321 cm³/mol. The van der Waals surface area contributed by atoms with Crippen LogP contribution in [0.5, 0.6) is 0 Å². The molecule has 1 atom stereocenters. The molecular weight excluding hydrogens is 913 g/mol. The van der Waals surface area contributed by atoms with Gasteiger partial charge in [0, 0.05) is 19.3 Å². The van der Waals surface area contributed by atoms with Crippen LogP contribution in [0.4, 0.5) is 0 Å². The first-order valence-corrected chi connectivity index (χ1v) is 32.6. The van der Waals surface area contributed by atoms with Gasteiger partial charge in [-0.05, 0) is 83.5 Å². The molecule has 0 spiro atoms. The third-order valence-corrected chi connectivity index (χ3v) is 14.6. The molecule has 0 aromatic carbocycles. The van der Waals surface area contributed by atoms with Gasteiger partial charge in [-0.1, -0.05) is 294 Å². The van der Waals surface area contributed by atoms with Crippen molar-refractivity contribution in [3.05, 3.63) is 48.6 Å². The van der Waals surface area contributed by atoms with E-state index in [0.29, 0.717) is 19.3 Å². The van der Waals surface area contributed by atoms with Gasteiger partial charge < -0.3 is 14.2 Å². The van der Waals surface area contributed by atoms with E-state index >= 15 is 0 Å². The van der Waals surface area contributed by atoms with Crippen molar-refractivity contribution in [1.29, 1.82) is 0 Å². The lowest BCUT2D eigenvalue weighted by Crippen LogP contribution is -2.30. The normalized spacial score (nSPS) is 12.3. The average molecular weight is 1040 g/mol. The van der Waals surface area contributed by atoms with E-state index in [0.717, 1.165) is 77.0 Å². The Morgan fingerprint density at radius 2 is 0.486 bits per heavy atom. The van der Waals surface area contributed by atoms with E-state index in [1.54, 1.807) is 0 Å². The summed E-state index contributed by atoms with van der Waals surface area (Å²) in [6, 6.07) is 0. The van der Waals surface area contributed by atoms with Crippen molar-refractivity contribution >= 4 is 17.9 Å². The van der Waals surface area contributed by atoms with Gasteiger partial charge in [-0.25, -0.2) is 0 Å². The largest absolute Gasteiger partial charge is 0.462 e. The fourth-order valence-corrected chi connectivity index (χ4v) is 9.62. The molecule has 0 bridgehead atoms. The Labute approximate surface area is 460 Å². The molecule has 0 aliphatic rings. The van der Waals surface area contributed by atoms with Crippen LogP contribution in [-0.2, 0) is 28.6 Å². The number of ether oxygens (including phenoxy) is 3. The number of esters is 3. The smallest absolute Gasteiger partial charge is 0.306 e. The lowest BCUT2D eigenvalue weighted by molar-refractivity contribution is -0.167. The second kappa shape index (κ2) is 62.9. The van der Waals surface area contributed by atoms with Gasteiger partial charge >= 0.3 is 17.9 Å². The molecule has 0 aliphatic heterocycles. The van der Waals surface area contributed by atoms with E-state index in [9.17, 15) is 14.4 Å². The van der Waals surface area contributed by atoms with Gasteiger partial charge in [0.25, 0.3) is 0 Å². The molecule has 6 heteroatoms. The second-order valence-corrected chi connectivity index (χ2v) is 22.0. The highest BCUT2D eigenvalue weighted by molar-refractivity contribution is 5.71. The molecule has 0 heterocycles. The molecule has 0 fully saturated rings. The standard InChI is InChI=1S/C68H124O6/c1-4-7-10-13-16-19-22-25-28-30-31-32-33-34-35-36-37-39-40-43-46-49-52-55-58-61-67(70)73-64-65(63-72-66(69)60-57-54-51-48-45-42-27-24-21-18-15-12-9-6-3)74-68(71)62-59-56-53-50-47-44-41-38-29-26-23-20-17-14-11-8-5-2/h22,24-25,27,30-31,33-34,65H,4-21,23,26,28-29,32,35-64H2,1-3H3/b25-22-,27-24-,31-30-,34-33-. The first-order chi connectivity index (χ1) is 36.5. The zero-order valence-electron chi connectivity index (χ0n) is 49.6. The van der Waals surface area contributed by atoms with E-state index in [2.05, 4.69) is 69.4 Å². The van der Waals surface area contributed by atoms with Crippen LogP contribution in [0.2, 0.25) is 0 Å². The van der Waals surface area contributed by atoms with Crippen molar-refractivity contribution in [2.45, 2.75) is 354 Å². The molecule has 0 N–H and O–H groups in total. The van der Waals surface area contributed by atoms with Crippen molar-refractivity contribution < 1.29 is 28.6 Å². The van der Waals surface area contributed by atoms with Crippen LogP contribution in [0.1, 0.15) is 348 Å². The van der Waals surface area contributed by atoms with Gasteiger partial charge in [0.2, 0.25) is 0 Å². The Kier molecular flexibility index (Phi) is 60.7. The third kappa shape index (κ3) is 60.2. The quantitative estimate of drug-likeness (QED) is 0.0261. The maximum absolute atomic E-state index is 12.9. The highest BCUT2D eigenvalue weighted by Gasteiger charge is 2.19. The number of carbonyl (C=O) groups excluding carboxylic acids is 3. The summed E-state index contributed by atoms with van der Waals surface area (Å²) in [7, 11) is 0. The molecule has 432 valence electrons. The highest BCUT2D eigenvalue weighted by atomic mass is 16.6. The maximum atomic E-state index is 12.9. The number of carbonyl (C=O) groups is 3. The first kappa shape index (κ1) is 71.4. The summed E-state index contributed by atoms with van der Waals surface area (Å²) in [5.74, 6) is -0.864. The minimum atomic E-state index is -0.776. The Morgan fingerprint density at radius 1 is 0.270 bits per heavy atom. The van der Waals surface area contributed by atoms with E-state index in [1.807, 2.05) is 0 Å². The Balaban J connectivity index is 4.29. The molecule has 6 nitrogen and oxygen atoms in total. The average Bonchev–Trinajstić information content (AvgIpc) is 3.40. The number of rotatable bonds is 60. The molecule has 0 amide bonds. The fraction of sp³-hybridized carbons (Fsp3) is 0.838. The summed E-state index contributed by atoms with van der Waals surface area (Å²) in [4.78, 5) is 38.3. The maximum Gasteiger partial charge on any atom is 0.306 e. The summed E-state index contributed by atoms with van der Waals surface area (Å²) in [5.41, 5.74) is 0. The molecule has 0 aromatic heterocycles. The number of hydrogen-bond donors (Lipinski definition) is 0. The highest BCUT2D eigenvalue weighted by Crippen LogP contribution is 2.17. The van der Waals surface area contributed by atoms with Crippen molar-refractivity contribution in [2.75, 3.05) is 13.2 Å². The fourth-order valence-electron chi connectivity index (χ4n) is 9.62. The van der Waals surface area contributed by atoms with Gasteiger partial charge in [0.1, 0.15) is 13.2 Å². The Morgan fingerprint density at radius 3 is 0.770 bits per heavy atom. The van der Waals surface area contributed by atoms with Gasteiger partial charge in [-0.3, -0.25) is 14.4 Å². The Bertz CT molecular complexity index is 1280. The molecule has 0 saturated heterocycles. The van der Waals surface area contributed by atoms with Crippen LogP contribution in [0.15, 0.2) is 48.6 Å². The van der Waals surface area contributed by atoms with Gasteiger partial charge in [0.15, 0.2) is 6.10 Å². The lowest BCUT2D eigenvalue weighted by atomic mass is 10.0. The van der Waals surface area contributed by atoms with Crippen LogP contribution >= 0.6 is 0 Å². The van der Waals surface area contributed by atoms with Crippen LogP contribution < -0.4 is 0 Å². The van der Waals surface area contributed by atoms with Gasteiger partial charge in [0.05, 0.1) is 0 Å². The summed E-state index contributed by atoms with van der Waals surface area (Å²) in [5, 5.41) is 0. The van der Waals surface area contributed by atoms with Crippen LogP contribution in [0, 0.1) is 0 Å². The minimum Gasteiger partial charge on any atom is -0.462 e. The zero-order chi connectivity index (χ0) is 53.6. The predicted octanol–water partition coefficient (Wildman–Crippen LogP) is 22.2. The summed E-state index contributed by atoms with van der Waals surface area (Å²) < 4.78 is 16.9. The van der Waals surface area contributed by atoms with E-state index in [4.69, 9.17) is 14.2 Å². The molecule has 0 aromatic rings. The van der Waals surface area contributed by atoms with E-state index in [1.165, 1.54) is 231 Å². The molecule has 0 radical (unpaired) electrons. The Hall–Kier alpha value is -2.63. The molecule has 74 heavy (non-hydrogen) atoms. The number of hydrogen-bond acceptors (Lipinski definition) is 6. The topological polar surface area (TPSA) is 78.9 Å². The molecular formula is C68H124O6. The van der Waals surface area contributed by atoms with Crippen LogP contribution in [0.3, 0.4) is 0 Å². The van der Waals surface area contributed by atoms with Crippen LogP contribution in [-0.4, -0.2) is 37.2 Å². The molecule has 0 rings (SSSR count). The molecule has 1 unspecified atom stereocenters. The number of unbranched alkanes of at least 4 members (excludes halogenated alkanes) is 41. The molecule has 0 saturated carbocycles. The van der Waals surface area contributed by atoms with Crippen molar-refractivity contribution in [3.63, 3.8) is 0 Å². The van der Waals surface area contributed by atoms with E-state index in [-0.39, 0.29) is 31.1 Å². The minimum absolute atomic E-state index is 0.0741. The monoisotopic (exact) mass is 1040 g/mol. The summed E-state index contributed by atoms with van der Waals surface area (Å²) in [6.45, 7) is 6.66. The van der Waals surface area contributed by atoms with Crippen molar-refractivity contribution in [2.24, 2.45) is 0 Å². The third-order valence-electron chi connectivity index (χ3n) is 14.6. The SMILES string of the molecule is CCCCCCC/C=C\C/C=C\C/C=C\CCCCCCCCCCCCC(=O)OCC(COC(=O)CCCCCCC/C=C\CCCCCCC)OC(=O)CCCCCCCCCCCCCCCCCCC. The number of allylic oxidation sites excluding steroid dienone is 8. The second-order valence-electron chi connectivity index (χ2n) is 22.0. The summed E-state index contributed by atoms with van der Waals surface area (Å²) in [6.07, 6.45) is 78.3. The zero-order valence-corrected chi connectivity index (χ0v) is 49.6. The van der Waals surface area contributed by atoms with Gasteiger partial charge in [-0.15, -0.1) is 0 Å². The van der Waals surface area contributed by atoms with Crippen molar-refractivity contribution in [3.8, 4) is 0 Å². The molecule has 0 aliphatic carbocycles. The first-order valence-electron chi connectivity index (χ1n) is 32.6. The van der Waals surface area contributed by atoms with Crippen LogP contribution in [0.25, 0.3) is 0 Å². The van der Waals surface area contributed by atoms with Crippen molar-refractivity contribution in [1.82, 2.24) is 0 Å².